The van der Waals surface area contributed by atoms with Crippen LogP contribution in [-0.4, -0.2) is 28.2 Å². The Morgan fingerprint density at radius 1 is 1.46 bits per heavy atom. The molecule has 26 heavy (non-hydrogen) atoms. The normalized spacial score (nSPS) is 11.8. The standard InChI is InChI=1S/C17H12ClFN2O4S/c1-7-12-15(22)20-14(21-16(12)26-13(7)17(23)24)9(18)5-8-3-4-11(25-2)10(19)6-8/h3-6H,1-2H3,(H,23,24)(H,20,21,22)/b9-5-. The number of carbonyl (C=O) groups is 1. The highest BCUT2D eigenvalue weighted by molar-refractivity contribution is 7.20. The van der Waals surface area contributed by atoms with Crippen molar-refractivity contribution in [3.63, 3.8) is 0 Å². The van der Waals surface area contributed by atoms with Crippen molar-refractivity contribution in [1.29, 1.82) is 0 Å². The van der Waals surface area contributed by atoms with Crippen LogP contribution < -0.4 is 10.3 Å². The summed E-state index contributed by atoms with van der Waals surface area (Å²) in [5, 5.41) is 9.49. The zero-order valence-corrected chi connectivity index (χ0v) is 15.2. The highest BCUT2D eigenvalue weighted by atomic mass is 35.5. The third kappa shape index (κ3) is 3.21. The van der Waals surface area contributed by atoms with Gasteiger partial charge in [0.25, 0.3) is 5.56 Å². The van der Waals surface area contributed by atoms with Crippen molar-refractivity contribution in [3.8, 4) is 5.75 Å². The zero-order valence-electron chi connectivity index (χ0n) is 13.6. The first-order valence-corrected chi connectivity index (χ1v) is 8.49. The van der Waals surface area contributed by atoms with Crippen LogP contribution in [0.4, 0.5) is 4.39 Å². The maximum Gasteiger partial charge on any atom is 0.346 e. The fourth-order valence-corrected chi connectivity index (χ4v) is 3.68. The van der Waals surface area contributed by atoms with Gasteiger partial charge in [0.15, 0.2) is 17.4 Å². The van der Waals surface area contributed by atoms with Crippen molar-refractivity contribution in [1.82, 2.24) is 9.97 Å². The highest BCUT2D eigenvalue weighted by Crippen LogP contribution is 2.29. The van der Waals surface area contributed by atoms with E-state index in [1.165, 1.54) is 25.3 Å². The van der Waals surface area contributed by atoms with E-state index in [1.54, 1.807) is 13.0 Å². The van der Waals surface area contributed by atoms with Crippen LogP contribution in [0.25, 0.3) is 21.3 Å². The van der Waals surface area contributed by atoms with Gasteiger partial charge >= 0.3 is 5.97 Å². The molecule has 0 saturated heterocycles. The lowest BCUT2D eigenvalue weighted by molar-refractivity contribution is 0.0701. The van der Waals surface area contributed by atoms with Crippen molar-refractivity contribution in [2.75, 3.05) is 7.11 Å². The fourth-order valence-electron chi connectivity index (χ4n) is 2.45. The van der Waals surface area contributed by atoms with E-state index < -0.39 is 17.3 Å². The number of carboxylic acids is 1. The van der Waals surface area contributed by atoms with Gasteiger partial charge in [0.2, 0.25) is 0 Å². The lowest BCUT2D eigenvalue weighted by atomic mass is 10.2. The number of nitrogens with zero attached hydrogens (tertiary/aromatic N) is 1. The van der Waals surface area contributed by atoms with Crippen molar-refractivity contribution in [3.05, 3.63) is 56.2 Å². The lowest BCUT2D eigenvalue weighted by Gasteiger charge is -2.03. The molecule has 0 aliphatic rings. The van der Waals surface area contributed by atoms with Gasteiger partial charge in [-0.25, -0.2) is 14.2 Å². The first-order valence-electron chi connectivity index (χ1n) is 7.29. The molecule has 0 fully saturated rings. The number of aromatic carboxylic acids is 1. The van der Waals surface area contributed by atoms with E-state index in [9.17, 15) is 19.1 Å². The van der Waals surface area contributed by atoms with E-state index in [0.29, 0.717) is 11.1 Å². The number of aryl methyl sites for hydroxylation is 1. The monoisotopic (exact) mass is 394 g/mol. The van der Waals surface area contributed by atoms with E-state index in [0.717, 1.165) is 11.3 Å². The molecule has 1 aromatic carbocycles. The number of halogens is 2. The Balaban J connectivity index is 2.08. The molecule has 0 atom stereocenters. The summed E-state index contributed by atoms with van der Waals surface area (Å²) in [6.07, 6.45) is 1.44. The Labute approximate surface area is 155 Å². The molecule has 0 bridgehead atoms. The summed E-state index contributed by atoms with van der Waals surface area (Å²) in [6, 6.07) is 4.28. The maximum atomic E-state index is 13.8. The Hall–Kier alpha value is -2.71. The van der Waals surface area contributed by atoms with Crippen LogP contribution in [0.3, 0.4) is 0 Å². The Bertz CT molecular complexity index is 1120. The third-order valence-electron chi connectivity index (χ3n) is 3.69. The number of nitrogens with one attached hydrogen (secondary N) is 1. The number of ether oxygens (including phenoxy) is 1. The van der Waals surface area contributed by atoms with Crippen LogP contribution in [0.2, 0.25) is 0 Å². The second-order valence-electron chi connectivity index (χ2n) is 5.34. The molecule has 2 N–H and O–H groups in total. The fraction of sp³-hybridized carbons (Fsp3) is 0.118. The quantitative estimate of drug-likeness (QED) is 0.700. The topological polar surface area (TPSA) is 92.3 Å². The molecule has 0 saturated carbocycles. The summed E-state index contributed by atoms with van der Waals surface area (Å²) < 4.78 is 18.6. The summed E-state index contributed by atoms with van der Waals surface area (Å²) in [4.78, 5) is 30.6. The van der Waals surface area contributed by atoms with Gasteiger partial charge in [-0.15, -0.1) is 11.3 Å². The first-order chi connectivity index (χ1) is 12.3. The largest absolute Gasteiger partial charge is 0.494 e. The summed E-state index contributed by atoms with van der Waals surface area (Å²) in [7, 11) is 1.36. The first kappa shape index (κ1) is 18.1. The number of carboxylic acid groups (broad SMARTS) is 1. The Morgan fingerprint density at radius 3 is 2.81 bits per heavy atom. The van der Waals surface area contributed by atoms with E-state index in [2.05, 4.69) is 9.97 Å². The number of methoxy groups -OCH3 is 1. The van der Waals surface area contributed by atoms with Crippen LogP contribution in [0, 0.1) is 12.7 Å². The van der Waals surface area contributed by atoms with E-state index in [1.807, 2.05) is 0 Å². The Morgan fingerprint density at radius 2 is 2.19 bits per heavy atom. The molecule has 0 amide bonds. The van der Waals surface area contributed by atoms with Crippen LogP contribution in [0.5, 0.6) is 5.75 Å². The van der Waals surface area contributed by atoms with E-state index >= 15 is 0 Å². The molecule has 3 rings (SSSR count). The average molecular weight is 395 g/mol. The van der Waals surface area contributed by atoms with Crippen LogP contribution in [0.1, 0.15) is 26.6 Å². The second kappa shape index (κ2) is 6.89. The number of H-pyrrole nitrogens is 1. The molecule has 2 aromatic heterocycles. The van der Waals surface area contributed by atoms with Crippen LogP contribution in [-0.2, 0) is 0 Å². The smallest absolute Gasteiger partial charge is 0.346 e. The molecular weight excluding hydrogens is 383 g/mol. The number of thiophene rings is 1. The molecule has 134 valence electrons. The number of aromatic amines is 1. The summed E-state index contributed by atoms with van der Waals surface area (Å²) >= 11 is 7.11. The van der Waals surface area contributed by atoms with Crippen molar-refractivity contribution >= 4 is 50.2 Å². The molecule has 0 aliphatic heterocycles. The molecule has 9 heteroatoms. The number of fused-ring (bicyclic) bond motifs is 1. The zero-order chi connectivity index (χ0) is 19.0. The van der Waals surface area contributed by atoms with Gasteiger partial charge in [-0.2, -0.15) is 0 Å². The second-order valence-corrected chi connectivity index (χ2v) is 6.75. The van der Waals surface area contributed by atoms with Gasteiger partial charge in [0.05, 0.1) is 17.5 Å². The molecular formula is C17H12ClFN2O4S. The predicted molar refractivity (Wildman–Crippen MR) is 98.6 cm³/mol. The lowest BCUT2D eigenvalue weighted by Crippen LogP contribution is -2.10. The van der Waals surface area contributed by atoms with E-state index in [4.69, 9.17) is 16.3 Å². The minimum Gasteiger partial charge on any atom is -0.494 e. The molecule has 0 unspecified atom stereocenters. The molecule has 2 heterocycles. The summed E-state index contributed by atoms with van der Waals surface area (Å²) in [5.74, 6) is -1.51. The maximum absolute atomic E-state index is 13.8. The number of rotatable bonds is 4. The predicted octanol–water partition coefficient (Wildman–Crippen LogP) is 3.88. The molecule has 6 nitrogen and oxygen atoms in total. The molecule has 0 radical (unpaired) electrons. The van der Waals surface area contributed by atoms with Crippen molar-refractivity contribution in [2.24, 2.45) is 0 Å². The average Bonchev–Trinajstić information content (AvgIpc) is 2.92. The van der Waals surface area contributed by atoms with Crippen molar-refractivity contribution in [2.45, 2.75) is 6.92 Å². The van der Waals surface area contributed by atoms with Gasteiger partial charge in [0, 0.05) is 0 Å². The number of hydrogen-bond donors (Lipinski definition) is 2. The van der Waals surface area contributed by atoms with Crippen molar-refractivity contribution < 1.29 is 19.0 Å². The minimum absolute atomic E-state index is 0.0486. The van der Waals surface area contributed by atoms with Gasteiger partial charge in [-0.1, -0.05) is 17.7 Å². The summed E-state index contributed by atoms with van der Waals surface area (Å²) in [6.45, 7) is 1.55. The minimum atomic E-state index is -1.12. The van der Waals surface area contributed by atoms with Gasteiger partial charge in [-0.05, 0) is 36.3 Å². The molecule has 0 aliphatic carbocycles. The number of benzene rings is 1. The van der Waals surface area contributed by atoms with Gasteiger partial charge in [0.1, 0.15) is 9.71 Å². The number of hydrogen-bond acceptors (Lipinski definition) is 5. The Kier molecular flexibility index (Phi) is 4.80. The van der Waals surface area contributed by atoms with Gasteiger partial charge in [-0.3, -0.25) is 4.79 Å². The van der Waals surface area contributed by atoms with Crippen LogP contribution in [0.15, 0.2) is 23.0 Å². The molecule has 0 spiro atoms. The third-order valence-corrected chi connectivity index (χ3v) is 5.15. The summed E-state index contributed by atoms with van der Waals surface area (Å²) in [5.41, 5.74) is 0.318. The SMILES string of the molecule is COc1ccc(/C=C(\Cl)c2nc3sc(C(=O)O)c(C)c3c(=O)[nH]2)cc1F. The molecule has 3 aromatic rings. The van der Waals surface area contributed by atoms with E-state index in [-0.39, 0.29) is 31.7 Å². The highest BCUT2D eigenvalue weighted by Gasteiger charge is 2.19. The number of aromatic nitrogens is 2. The van der Waals surface area contributed by atoms with Crippen LogP contribution >= 0.6 is 22.9 Å². The van der Waals surface area contributed by atoms with Gasteiger partial charge < -0.3 is 14.8 Å².